The highest BCUT2D eigenvalue weighted by atomic mass is 16.5. The molecule has 7 nitrogen and oxygen atoms in total. The Morgan fingerprint density at radius 2 is 2.10 bits per heavy atom. The van der Waals surface area contributed by atoms with Crippen molar-refractivity contribution in [2.45, 2.75) is 0 Å². The average molecular weight is 285 g/mol. The fourth-order valence-electron chi connectivity index (χ4n) is 2.03. The quantitative estimate of drug-likeness (QED) is 0.790. The van der Waals surface area contributed by atoms with Gasteiger partial charge in [0.2, 0.25) is 5.69 Å². The van der Waals surface area contributed by atoms with E-state index < -0.39 is 5.97 Å². The molecule has 0 unspecified atom stereocenters. The predicted octanol–water partition coefficient (Wildman–Crippen LogP) is 2.23. The smallest absolute Gasteiger partial charge is 0.358 e. The molecule has 0 radical (unpaired) electrons. The number of carbonyl (C=O) groups is 1. The minimum Gasteiger partial charge on any atom is -0.494 e. The van der Waals surface area contributed by atoms with Gasteiger partial charge in [0.25, 0.3) is 0 Å². The lowest BCUT2D eigenvalue weighted by Crippen LogP contribution is -2.04. The Hall–Kier alpha value is -3.09. The molecule has 3 aromatic rings. The number of benzene rings is 1. The second kappa shape index (κ2) is 5.12. The van der Waals surface area contributed by atoms with Crippen LogP contribution in [0.25, 0.3) is 17.1 Å². The second-order valence-corrected chi connectivity index (χ2v) is 4.15. The number of aromatic carboxylic acids is 1. The van der Waals surface area contributed by atoms with Gasteiger partial charge in [0.1, 0.15) is 17.1 Å². The summed E-state index contributed by atoms with van der Waals surface area (Å²) in [4.78, 5) is 11.3. The first-order valence-corrected chi connectivity index (χ1v) is 6.08. The van der Waals surface area contributed by atoms with Gasteiger partial charge in [0, 0.05) is 0 Å². The monoisotopic (exact) mass is 285 g/mol. The maximum Gasteiger partial charge on any atom is 0.358 e. The molecular weight excluding hydrogens is 274 g/mol. The van der Waals surface area contributed by atoms with E-state index in [0.29, 0.717) is 17.2 Å². The van der Waals surface area contributed by atoms with Crippen LogP contribution >= 0.6 is 0 Å². The zero-order valence-electron chi connectivity index (χ0n) is 11.1. The molecule has 0 aliphatic rings. The molecule has 0 atom stereocenters. The molecule has 0 spiro atoms. The molecule has 21 heavy (non-hydrogen) atoms. The van der Waals surface area contributed by atoms with E-state index in [-0.39, 0.29) is 11.4 Å². The van der Waals surface area contributed by atoms with Crippen molar-refractivity contribution in [3.8, 4) is 22.9 Å². The molecule has 0 bridgehead atoms. The number of hydrogen-bond acceptors (Lipinski definition) is 5. The van der Waals surface area contributed by atoms with Crippen molar-refractivity contribution in [2.24, 2.45) is 0 Å². The van der Waals surface area contributed by atoms with E-state index in [1.165, 1.54) is 18.1 Å². The van der Waals surface area contributed by atoms with E-state index in [0.717, 1.165) is 0 Å². The van der Waals surface area contributed by atoms with Crippen molar-refractivity contribution in [2.75, 3.05) is 7.11 Å². The molecule has 106 valence electrons. The minimum absolute atomic E-state index is 0.184. The third-order valence-corrected chi connectivity index (χ3v) is 2.94. The highest BCUT2D eigenvalue weighted by molar-refractivity contribution is 5.92. The summed E-state index contributed by atoms with van der Waals surface area (Å²) >= 11 is 0. The number of carboxylic acid groups (broad SMARTS) is 1. The van der Waals surface area contributed by atoms with E-state index in [9.17, 15) is 9.90 Å². The Balaban J connectivity index is 2.27. The molecule has 7 heteroatoms. The highest BCUT2D eigenvalue weighted by Gasteiger charge is 2.24. The molecule has 2 heterocycles. The average Bonchev–Trinajstić information content (AvgIpc) is 3.15. The van der Waals surface area contributed by atoms with Gasteiger partial charge in [-0.05, 0) is 24.3 Å². The number of hydrogen-bond donors (Lipinski definition) is 1. The molecule has 2 aromatic heterocycles. The first-order valence-electron chi connectivity index (χ1n) is 6.08. The normalized spacial score (nSPS) is 10.5. The lowest BCUT2D eigenvalue weighted by molar-refractivity contribution is 0.0691. The van der Waals surface area contributed by atoms with Gasteiger partial charge in [-0.3, -0.25) is 0 Å². The Labute approximate surface area is 119 Å². The van der Waals surface area contributed by atoms with E-state index in [1.54, 1.807) is 30.3 Å². The Morgan fingerprint density at radius 1 is 1.29 bits per heavy atom. The highest BCUT2D eigenvalue weighted by Crippen LogP contribution is 2.29. The number of ether oxygens (including phenoxy) is 1. The third kappa shape index (κ3) is 2.14. The summed E-state index contributed by atoms with van der Waals surface area (Å²) in [6, 6.07) is 10.4. The molecule has 0 saturated carbocycles. The van der Waals surface area contributed by atoms with Crippen molar-refractivity contribution >= 4 is 5.97 Å². The van der Waals surface area contributed by atoms with E-state index in [2.05, 4.69) is 10.3 Å². The molecule has 0 aliphatic heterocycles. The van der Waals surface area contributed by atoms with Crippen LogP contribution in [0.2, 0.25) is 0 Å². The Kier molecular flexibility index (Phi) is 3.15. The zero-order valence-corrected chi connectivity index (χ0v) is 11.1. The Bertz CT molecular complexity index is 777. The van der Waals surface area contributed by atoms with Crippen LogP contribution in [0.3, 0.4) is 0 Å². The van der Waals surface area contributed by atoms with Crippen LogP contribution in [0, 0.1) is 0 Å². The van der Waals surface area contributed by atoms with Crippen molar-refractivity contribution in [1.29, 1.82) is 0 Å². The predicted molar refractivity (Wildman–Crippen MR) is 72.6 cm³/mol. The summed E-state index contributed by atoms with van der Waals surface area (Å²) in [6.45, 7) is 0. The summed E-state index contributed by atoms with van der Waals surface area (Å²) in [6.07, 6.45) is 1.46. The second-order valence-electron chi connectivity index (χ2n) is 4.15. The zero-order chi connectivity index (χ0) is 14.8. The van der Waals surface area contributed by atoms with Crippen LogP contribution in [0.4, 0.5) is 0 Å². The van der Waals surface area contributed by atoms with E-state index in [1.807, 2.05) is 6.07 Å². The van der Waals surface area contributed by atoms with Gasteiger partial charge < -0.3 is 14.3 Å². The molecule has 0 saturated heterocycles. The van der Waals surface area contributed by atoms with Gasteiger partial charge in [0.05, 0.1) is 13.4 Å². The number of rotatable bonds is 4. The number of nitrogens with zero attached hydrogens (tertiary/aromatic N) is 3. The van der Waals surface area contributed by atoms with Crippen molar-refractivity contribution in [3.63, 3.8) is 0 Å². The largest absolute Gasteiger partial charge is 0.494 e. The summed E-state index contributed by atoms with van der Waals surface area (Å²) in [5.41, 5.74) is 0.652. The SMILES string of the molecule is COc1ccccc1-n1nnc(C(=O)O)c1-c1ccco1. The van der Waals surface area contributed by atoms with Crippen LogP contribution in [0.1, 0.15) is 10.5 Å². The van der Waals surface area contributed by atoms with Gasteiger partial charge in [0.15, 0.2) is 5.76 Å². The van der Waals surface area contributed by atoms with Crippen LogP contribution in [0.5, 0.6) is 5.75 Å². The maximum absolute atomic E-state index is 11.3. The fraction of sp³-hybridized carbons (Fsp3) is 0.0714. The van der Waals surface area contributed by atoms with Crippen LogP contribution in [-0.2, 0) is 0 Å². The van der Waals surface area contributed by atoms with Crippen LogP contribution in [0.15, 0.2) is 47.1 Å². The van der Waals surface area contributed by atoms with Crippen LogP contribution in [-0.4, -0.2) is 33.2 Å². The lowest BCUT2D eigenvalue weighted by atomic mass is 10.2. The number of para-hydroxylation sites is 2. The van der Waals surface area contributed by atoms with E-state index in [4.69, 9.17) is 9.15 Å². The summed E-state index contributed by atoms with van der Waals surface area (Å²) in [7, 11) is 1.53. The van der Waals surface area contributed by atoms with Crippen molar-refractivity contribution in [3.05, 3.63) is 48.4 Å². The molecule has 0 fully saturated rings. The topological polar surface area (TPSA) is 90.4 Å². The molecule has 0 amide bonds. The van der Waals surface area contributed by atoms with Gasteiger partial charge in [-0.25, -0.2) is 9.48 Å². The first-order chi connectivity index (χ1) is 10.2. The van der Waals surface area contributed by atoms with Crippen molar-refractivity contribution < 1.29 is 19.1 Å². The van der Waals surface area contributed by atoms with Crippen LogP contribution < -0.4 is 4.74 Å². The number of carboxylic acids is 1. The summed E-state index contributed by atoms with van der Waals surface area (Å²) in [5, 5.41) is 16.9. The van der Waals surface area contributed by atoms with Gasteiger partial charge in [-0.1, -0.05) is 17.3 Å². The van der Waals surface area contributed by atoms with Crippen molar-refractivity contribution in [1.82, 2.24) is 15.0 Å². The van der Waals surface area contributed by atoms with Gasteiger partial charge in [-0.2, -0.15) is 0 Å². The molecule has 3 rings (SSSR count). The molecule has 1 aromatic carbocycles. The summed E-state index contributed by atoms with van der Waals surface area (Å²) in [5.74, 6) is -0.266. The van der Waals surface area contributed by atoms with Gasteiger partial charge >= 0.3 is 5.97 Å². The molecule has 0 aliphatic carbocycles. The fourth-order valence-corrected chi connectivity index (χ4v) is 2.03. The van der Waals surface area contributed by atoms with E-state index >= 15 is 0 Å². The number of furan rings is 1. The number of methoxy groups -OCH3 is 1. The summed E-state index contributed by atoms with van der Waals surface area (Å²) < 4.78 is 12.0. The lowest BCUT2D eigenvalue weighted by Gasteiger charge is -2.09. The molecule has 1 N–H and O–H groups in total. The van der Waals surface area contributed by atoms with Gasteiger partial charge in [-0.15, -0.1) is 5.10 Å². The number of aromatic nitrogens is 3. The maximum atomic E-state index is 11.3. The third-order valence-electron chi connectivity index (χ3n) is 2.94. The standard InChI is InChI=1S/C14H11N3O4/c1-20-10-6-3-2-5-9(10)17-13(11-7-4-8-21-11)12(14(18)19)15-16-17/h2-8H,1H3,(H,18,19). The minimum atomic E-state index is -1.18. The first kappa shape index (κ1) is 12.9. The molecular formula is C14H11N3O4. The Morgan fingerprint density at radius 3 is 2.76 bits per heavy atom.